The third-order valence-corrected chi connectivity index (χ3v) is 4.55. The summed E-state index contributed by atoms with van der Waals surface area (Å²) in [7, 11) is 0. The Morgan fingerprint density at radius 1 is 1.07 bits per heavy atom. The summed E-state index contributed by atoms with van der Waals surface area (Å²) in [5.74, 6) is 1.71. The molecule has 1 saturated carbocycles. The van der Waals surface area contributed by atoms with Crippen LogP contribution in [0.2, 0.25) is 0 Å². The van der Waals surface area contributed by atoms with Crippen molar-refractivity contribution < 1.29 is 14.3 Å². The van der Waals surface area contributed by atoms with E-state index in [0.29, 0.717) is 30.4 Å². The van der Waals surface area contributed by atoms with E-state index in [-0.39, 0.29) is 5.91 Å². The Kier molecular flexibility index (Phi) is 6.85. The Balaban J connectivity index is 1.53. The number of para-hydroxylation sites is 2. The van der Waals surface area contributed by atoms with Crippen molar-refractivity contribution in [1.29, 1.82) is 0 Å². The van der Waals surface area contributed by atoms with E-state index in [1.165, 1.54) is 6.42 Å². The number of rotatable bonds is 7. The molecule has 1 N–H and O–H groups in total. The van der Waals surface area contributed by atoms with Crippen molar-refractivity contribution in [2.75, 3.05) is 13.2 Å². The zero-order chi connectivity index (χ0) is 18.9. The van der Waals surface area contributed by atoms with Gasteiger partial charge in [0.1, 0.15) is 24.7 Å². The smallest absolute Gasteiger partial charge is 0.275 e. The number of hydrogen-bond donors (Lipinski definition) is 1. The standard InChI is InChI=1S/C22H26N2O3/c1-17-8-7-9-18(16-17)23-24-22(25)20-12-5-6-13-21(20)27-15-14-26-19-10-3-2-4-11-19/h2-6,10-13,17H,7-9,14-16H2,1H3,(H,24,25)/b23-18-/t17-/m0/s1. The number of ether oxygens (including phenoxy) is 2. The summed E-state index contributed by atoms with van der Waals surface area (Å²) in [4.78, 5) is 12.5. The maximum Gasteiger partial charge on any atom is 0.275 e. The van der Waals surface area contributed by atoms with E-state index in [1.807, 2.05) is 42.5 Å². The van der Waals surface area contributed by atoms with Gasteiger partial charge in [0.15, 0.2) is 0 Å². The molecule has 142 valence electrons. The summed E-state index contributed by atoms with van der Waals surface area (Å²) >= 11 is 0. The van der Waals surface area contributed by atoms with E-state index in [9.17, 15) is 4.79 Å². The molecule has 0 spiro atoms. The monoisotopic (exact) mass is 366 g/mol. The zero-order valence-corrected chi connectivity index (χ0v) is 15.7. The summed E-state index contributed by atoms with van der Waals surface area (Å²) in [6, 6.07) is 16.8. The molecule has 2 aromatic carbocycles. The molecule has 0 bridgehead atoms. The van der Waals surface area contributed by atoms with Crippen molar-refractivity contribution in [3.8, 4) is 11.5 Å². The van der Waals surface area contributed by atoms with Crippen LogP contribution in [0, 0.1) is 5.92 Å². The van der Waals surface area contributed by atoms with Crippen LogP contribution in [-0.4, -0.2) is 24.8 Å². The van der Waals surface area contributed by atoms with Crippen LogP contribution in [0.5, 0.6) is 11.5 Å². The van der Waals surface area contributed by atoms with Gasteiger partial charge >= 0.3 is 0 Å². The van der Waals surface area contributed by atoms with Crippen LogP contribution in [0.3, 0.4) is 0 Å². The molecule has 0 radical (unpaired) electrons. The second-order valence-corrected chi connectivity index (χ2v) is 6.83. The van der Waals surface area contributed by atoms with Gasteiger partial charge < -0.3 is 9.47 Å². The molecule has 0 aliphatic heterocycles. The zero-order valence-electron chi connectivity index (χ0n) is 15.7. The highest BCUT2D eigenvalue weighted by Crippen LogP contribution is 2.21. The number of benzene rings is 2. The average Bonchev–Trinajstić information content (AvgIpc) is 2.70. The summed E-state index contributed by atoms with van der Waals surface area (Å²) in [6.45, 7) is 2.97. The lowest BCUT2D eigenvalue weighted by Gasteiger charge is -2.19. The number of carbonyl (C=O) groups is 1. The fourth-order valence-corrected chi connectivity index (χ4v) is 3.16. The molecule has 2 aromatic rings. The van der Waals surface area contributed by atoms with Crippen molar-refractivity contribution >= 4 is 11.6 Å². The van der Waals surface area contributed by atoms with Crippen molar-refractivity contribution in [2.45, 2.75) is 32.6 Å². The van der Waals surface area contributed by atoms with Crippen LogP contribution in [0.15, 0.2) is 59.7 Å². The van der Waals surface area contributed by atoms with Crippen LogP contribution >= 0.6 is 0 Å². The van der Waals surface area contributed by atoms with Crippen LogP contribution in [0.4, 0.5) is 0 Å². The van der Waals surface area contributed by atoms with Crippen LogP contribution < -0.4 is 14.9 Å². The molecule has 1 atom stereocenters. The van der Waals surface area contributed by atoms with Crippen LogP contribution in [0.1, 0.15) is 43.0 Å². The lowest BCUT2D eigenvalue weighted by Crippen LogP contribution is -2.23. The quantitative estimate of drug-likeness (QED) is 0.582. The second-order valence-electron chi connectivity index (χ2n) is 6.83. The van der Waals surface area contributed by atoms with Crippen molar-refractivity contribution in [3.05, 3.63) is 60.2 Å². The molecule has 0 aromatic heterocycles. The normalized spacial score (nSPS) is 18.1. The molecule has 0 unspecified atom stereocenters. The van der Waals surface area contributed by atoms with Gasteiger partial charge in [-0.05, 0) is 55.9 Å². The van der Waals surface area contributed by atoms with E-state index in [2.05, 4.69) is 17.5 Å². The van der Waals surface area contributed by atoms with Crippen molar-refractivity contribution in [3.63, 3.8) is 0 Å². The lowest BCUT2D eigenvalue weighted by atomic mass is 9.89. The van der Waals surface area contributed by atoms with Gasteiger partial charge in [0.25, 0.3) is 5.91 Å². The van der Waals surface area contributed by atoms with E-state index in [0.717, 1.165) is 30.7 Å². The minimum absolute atomic E-state index is 0.250. The molecule has 0 saturated heterocycles. The van der Waals surface area contributed by atoms with E-state index < -0.39 is 0 Å². The molecule has 1 fully saturated rings. The molecule has 1 aliphatic carbocycles. The highest BCUT2D eigenvalue weighted by Gasteiger charge is 2.16. The molecule has 1 aliphatic rings. The van der Waals surface area contributed by atoms with Gasteiger partial charge in [-0.2, -0.15) is 5.10 Å². The summed E-state index contributed by atoms with van der Waals surface area (Å²) in [5.41, 5.74) is 4.23. The minimum Gasteiger partial charge on any atom is -0.490 e. The molecule has 0 heterocycles. The maximum atomic E-state index is 12.5. The van der Waals surface area contributed by atoms with E-state index >= 15 is 0 Å². The Morgan fingerprint density at radius 3 is 2.63 bits per heavy atom. The number of hydrazone groups is 1. The SMILES string of the molecule is C[C@H]1CCC/C(=N/NC(=O)c2ccccc2OCCOc2ccccc2)C1. The van der Waals surface area contributed by atoms with E-state index in [4.69, 9.17) is 9.47 Å². The fraction of sp³-hybridized carbons (Fsp3) is 0.364. The van der Waals surface area contributed by atoms with Gasteiger partial charge in [0.05, 0.1) is 5.56 Å². The van der Waals surface area contributed by atoms with Crippen molar-refractivity contribution in [2.24, 2.45) is 11.0 Å². The number of nitrogens with zero attached hydrogens (tertiary/aromatic N) is 1. The van der Waals surface area contributed by atoms with Gasteiger partial charge in [-0.1, -0.05) is 37.3 Å². The minimum atomic E-state index is -0.250. The van der Waals surface area contributed by atoms with Crippen LogP contribution in [-0.2, 0) is 0 Å². The molecule has 5 heteroatoms. The first kappa shape index (κ1) is 19.0. The topological polar surface area (TPSA) is 59.9 Å². The number of amides is 1. The second kappa shape index (κ2) is 9.76. The number of hydrogen-bond acceptors (Lipinski definition) is 4. The van der Waals surface area contributed by atoms with Gasteiger partial charge in [-0.3, -0.25) is 4.79 Å². The average molecular weight is 366 g/mol. The molecular formula is C22H26N2O3. The predicted octanol–water partition coefficient (Wildman–Crippen LogP) is 4.44. The first-order valence-corrected chi connectivity index (χ1v) is 9.48. The highest BCUT2D eigenvalue weighted by atomic mass is 16.5. The first-order valence-electron chi connectivity index (χ1n) is 9.48. The molecular weight excluding hydrogens is 340 g/mol. The number of carbonyl (C=O) groups excluding carboxylic acids is 1. The summed E-state index contributed by atoms with van der Waals surface area (Å²) < 4.78 is 11.4. The Bertz CT molecular complexity index is 774. The molecule has 27 heavy (non-hydrogen) atoms. The first-order chi connectivity index (χ1) is 13.2. The van der Waals surface area contributed by atoms with Crippen LogP contribution in [0.25, 0.3) is 0 Å². The van der Waals surface area contributed by atoms with E-state index in [1.54, 1.807) is 12.1 Å². The Labute approximate surface area is 160 Å². The Morgan fingerprint density at radius 2 is 1.81 bits per heavy atom. The largest absolute Gasteiger partial charge is 0.490 e. The fourth-order valence-electron chi connectivity index (χ4n) is 3.16. The summed E-state index contributed by atoms with van der Waals surface area (Å²) in [5, 5.41) is 4.32. The predicted molar refractivity (Wildman–Crippen MR) is 106 cm³/mol. The van der Waals surface area contributed by atoms with Gasteiger partial charge in [-0.15, -0.1) is 0 Å². The number of nitrogens with one attached hydrogen (secondary N) is 1. The molecule has 3 rings (SSSR count). The van der Waals surface area contributed by atoms with Gasteiger partial charge in [-0.25, -0.2) is 5.43 Å². The van der Waals surface area contributed by atoms with Gasteiger partial charge in [0, 0.05) is 5.71 Å². The molecule has 1 amide bonds. The third kappa shape index (κ3) is 5.84. The van der Waals surface area contributed by atoms with Gasteiger partial charge in [0.2, 0.25) is 0 Å². The highest BCUT2D eigenvalue weighted by molar-refractivity contribution is 5.97. The summed E-state index contributed by atoms with van der Waals surface area (Å²) in [6.07, 6.45) is 4.28. The molecule has 5 nitrogen and oxygen atoms in total. The van der Waals surface area contributed by atoms with Crippen molar-refractivity contribution in [1.82, 2.24) is 5.43 Å². The third-order valence-electron chi connectivity index (χ3n) is 4.55. The Hall–Kier alpha value is -2.82. The maximum absolute atomic E-state index is 12.5. The lowest BCUT2D eigenvalue weighted by molar-refractivity contribution is 0.0949.